The van der Waals surface area contributed by atoms with Gasteiger partial charge in [-0.3, -0.25) is 0 Å². The van der Waals surface area contributed by atoms with E-state index >= 15 is 0 Å². The van der Waals surface area contributed by atoms with Crippen LogP contribution in [-0.2, 0) is 4.74 Å². The Labute approximate surface area is 106 Å². The highest BCUT2D eigenvalue weighted by Gasteiger charge is 2.33. The standard InChI is InChI=1S/C14H29NO2/c1-4-12(3)17-10-6-9-14(5-2,11-16)15-13-7-8-13/h12-13,15-16H,4-11H2,1-3H3. The molecule has 2 atom stereocenters. The molecule has 0 aromatic carbocycles. The number of hydrogen-bond acceptors (Lipinski definition) is 3. The van der Waals surface area contributed by atoms with Gasteiger partial charge in [0.1, 0.15) is 0 Å². The van der Waals surface area contributed by atoms with Crippen LogP contribution in [0.3, 0.4) is 0 Å². The second-order valence-corrected chi connectivity index (χ2v) is 5.40. The molecule has 0 radical (unpaired) electrons. The van der Waals surface area contributed by atoms with E-state index in [4.69, 9.17) is 4.74 Å². The Morgan fingerprint density at radius 2 is 2.12 bits per heavy atom. The summed E-state index contributed by atoms with van der Waals surface area (Å²) in [7, 11) is 0. The van der Waals surface area contributed by atoms with Gasteiger partial charge in [-0.25, -0.2) is 0 Å². The summed E-state index contributed by atoms with van der Waals surface area (Å²) >= 11 is 0. The summed E-state index contributed by atoms with van der Waals surface area (Å²) < 4.78 is 5.69. The van der Waals surface area contributed by atoms with Gasteiger partial charge in [0.15, 0.2) is 0 Å². The highest BCUT2D eigenvalue weighted by Crippen LogP contribution is 2.26. The minimum atomic E-state index is -0.0695. The van der Waals surface area contributed by atoms with Crippen LogP contribution in [-0.4, -0.2) is 36.0 Å². The lowest BCUT2D eigenvalue weighted by atomic mass is 9.91. The molecule has 0 heterocycles. The Kier molecular flexibility index (Phi) is 6.45. The van der Waals surface area contributed by atoms with Crippen LogP contribution in [0, 0.1) is 0 Å². The van der Waals surface area contributed by atoms with Crippen molar-refractivity contribution in [3.05, 3.63) is 0 Å². The zero-order chi connectivity index (χ0) is 12.7. The van der Waals surface area contributed by atoms with Crippen LogP contribution >= 0.6 is 0 Å². The van der Waals surface area contributed by atoms with Crippen molar-refractivity contribution in [1.29, 1.82) is 0 Å². The van der Waals surface area contributed by atoms with Crippen molar-refractivity contribution in [3.8, 4) is 0 Å². The molecule has 1 aliphatic carbocycles. The molecule has 0 aliphatic heterocycles. The highest BCUT2D eigenvalue weighted by molar-refractivity contribution is 4.94. The van der Waals surface area contributed by atoms with Crippen LogP contribution in [0.1, 0.15) is 59.3 Å². The number of nitrogens with one attached hydrogen (secondary N) is 1. The quantitative estimate of drug-likeness (QED) is 0.579. The average Bonchev–Trinajstić information content (AvgIpc) is 3.16. The van der Waals surface area contributed by atoms with Gasteiger partial charge in [-0.2, -0.15) is 0 Å². The van der Waals surface area contributed by atoms with E-state index in [0.29, 0.717) is 12.1 Å². The summed E-state index contributed by atoms with van der Waals surface area (Å²) in [5, 5.41) is 13.2. The third-order valence-electron chi connectivity index (χ3n) is 3.84. The minimum absolute atomic E-state index is 0.0695. The number of hydrogen-bond donors (Lipinski definition) is 2. The fraction of sp³-hybridized carbons (Fsp3) is 1.00. The molecule has 0 aromatic heterocycles. The Morgan fingerprint density at radius 3 is 2.59 bits per heavy atom. The summed E-state index contributed by atoms with van der Waals surface area (Å²) in [5.41, 5.74) is -0.0695. The van der Waals surface area contributed by atoms with E-state index < -0.39 is 0 Å². The van der Waals surface area contributed by atoms with E-state index in [1.54, 1.807) is 0 Å². The van der Waals surface area contributed by atoms with Gasteiger partial charge < -0.3 is 15.2 Å². The van der Waals surface area contributed by atoms with Crippen molar-refractivity contribution in [2.45, 2.75) is 77.0 Å². The van der Waals surface area contributed by atoms with E-state index in [1.807, 2.05) is 0 Å². The lowest BCUT2D eigenvalue weighted by Gasteiger charge is -2.32. The molecule has 3 heteroatoms. The molecule has 0 spiro atoms. The van der Waals surface area contributed by atoms with E-state index in [-0.39, 0.29) is 12.1 Å². The Balaban J connectivity index is 2.23. The van der Waals surface area contributed by atoms with E-state index in [2.05, 4.69) is 26.1 Å². The number of ether oxygens (including phenoxy) is 1. The van der Waals surface area contributed by atoms with Crippen molar-refractivity contribution in [3.63, 3.8) is 0 Å². The van der Waals surface area contributed by atoms with Crippen LogP contribution < -0.4 is 5.32 Å². The summed E-state index contributed by atoms with van der Waals surface area (Å²) in [6.07, 6.45) is 6.99. The van der Waals surface area contributed by atoms with Crippen LogP contribution in [0.4, 0.5) is 0 Å². The predicted molar refractivity (Wildman–Crippen MR) is 71.2 cm³/mol. The predicted octanol–water partition coefficient (Wildman–Crippen LogP) is 2.47. The third kappa shape index (κ3) is 5.36. The van der Waals surface area contributed by atoms with Crippen molar-refractivity contribution >= 4 is 0 Å². The fourth-order valence-corrected chi connectivity index (χ4v) is 2.06. The molecule has 0 bridgehead atoms. The molecule has 102 valence electrons. The van der Waals surface area contributed by atoms with Crippen molar-refractivity contribution in [2.24, 2.45) is 0 Å². The van der Waals surface area contributed by atoms with Crippen LogP contribution in [0.15, 0.2) is 0 Å². The fourth-order valence-electron chi connectivity index (χ4n) is 2.06. The zero-order valence-electron chi connectivity index (χ0n) is 11.7. The van der Waals surface area contributed by atoms with Crippen molar-refractivity contribution in [1.82, 2.24) is 5.32 Å². The monoisotopic (exact) mass is 243 g/mol. The maximum Gasteiger partial charge on any atom is 0.0613 e. The molecule has 17 heavy (non-hydrogen) atoms. The van der Waals surface area contributed by atoms with Gasteiger partial charge in [0, 0.05) is 18.2 Å². The maximum atomic E-state index is 9.60. The molecule has 1 aliphatic rings. The summed E-state index contributed by atoms with van der Waals surface area (Å²) in [4.78, 5) is 0. The molecular formula is C14H29NO2. The van der Waals surface area contributed by atoms with E-state index in [1.165, 1.54) is 12.8 Å². The average molecular weight is 243 g/mol. The molecule has 0 saturated heterocycles. The van der Waals surface area contributed by atoms with Gasteiger partial charge >= 0.3 is 0 Å². The topological polar surface area (TPSA) is 41.5 Å². The van der Waals surface area contributed by atoms with Crippen molar-refractivity contribution in [2.75, 3.05) is 13.2 Å². The molecule has 1 rings (SSSR count). The van der Waals surface area contributed by atoms with Crippen LogP contribution in [0.25, 0.3) is 0 Å². The molecule has 3 nitrogen and oxygen atoms in total. The van der Waals surface area contributed by atoms with Crippen LogP contribution in [0.5, 0.6) is 0 Å². The van der Waals surface area contributed by atoms with Crippen LogP contribution in [0.2, 0.25) is 0 Å². The maximum absolute atomic E-state index is 9.60. The van der Waals surface area contributed by atoms with Gasteiger partial charge in [0.05, 0.1) is 12.7 Å². The van der Waals surface area contributed by atoms with Gasteiger partial charge in [0.2, 0.25) is 0 Å². The number of rotatable bonds is 10. The first kappa shape index (κ1) is 14.9. The highest BCUT2D eigenvalue weighted by atomic mass is 16.5. The zero-order valence-corrected chi connectivity index (χ0v) is 11.7. The third-order valence-corrected chi connectivity index (χ3v) is 3.84. The van der Waals surface area contributed by atoms with E-state index in [0.717, 1.165) is 32.3 Å². The Bertz CT molecular complexity index is 200. The molecular weight excluding hydrogens is 214 g/mol. The summed E-state index contributed by atoms with van der Waals surface area (Å²) in [5.74, 6) is 0. The molecule has 1 fully saturated rings. The first-order valence-electron chi connectivity index (χ1n) is 7.16. The summed E-state index contributed by atoms with van der Waals surface area (Å²) in [6, 6.07) is 0.651. The first-order valence-corrected chi connectivity index (χ1v) is 7.16. The molecule has 2 unspecified atom stereocenters. The number of aliphatic hydroxyl groups is 1. The SMILES string of the molecule is CCC(C)OCCCC(CC)(CO)NC1CC1. The van der Waals surface area contributed by atoms with E-state index in [9.17, 15) is 5.11 Å². The van der Waals surface area contributed by atoms with Gasteiger partial charge in [-0.15, -0.1) is 0 Å². The minimum Gasteiger partial charge on any atom is -0.394 e. The molecule has 1 saturated carbocycles. The Morgan fingerprint density at radius 1 is 1.41 bits per heavy atom. The first-order chi connectivity index (χ1) is 8.15. The molecule has 0 aromatic rings. The summed E-state index contributed by atoms with van der Waals surface area (Å²) in [6.45, 7) is 7.46. The lowest BCUT2D eigenvalue weighted by Crippen LogP contribution is -2.49. The van der Waals surface area contributed by atoms with Gasteiger partial charge in [-0.1, -0.05) is 13.8 Å². The number of aliphatic hydroxyl groups excluding tert-OH is 1. The lowest BCUT2D eigenvalue weighted by molar-refractivity contribution is 0.0514. The van der Waals surface area contributed by atoms with Crippen molar-refractivity contribution < 1.29 is 9.84 Å². The largest absolute Gasteiger partial charge is 0.394 e. The smallest absolute Gasteiger partial charge is 0.0613 e. The second kappa shape index (κ2) is 7.34. The molecule has 2 N–H and O–H groups in total. The normalized spacial score (nSPS) is 21.2. The Hall–Kier alpha value is -0.120. The molecule has 0 amide bonds. The van der Waals surface area contributed by atoms with Gasteiger partial charge in [-0.05, 0) is 45.4 Å². The van der Waals surface area contributed by atoms with Gasteiger partial charge in [0.25, 0.3) is 0 Å². The second-order valence-electron chi connectivity index (χ2n) is 5.40.